The lowest BCUT2D eigenvalue weighted by Gasteiger charge is -2.30. The van der Waals surface area contributed by atoms with Crippen molar-refractivity contribution in [2.24, 2.45) is 10.4 Å². The number of carbonyl (C=O) groups is 1. The summed E-state index contributed by atoms with van der Waals surface area (Å²) in [4.78, 5) is 21.3. The molecule has 1 aromatic rings. The van der Waals surface area contributed by atoms with Gasteiger partial charge in [-0.3, -0.25) is 9.79 Å². The summed E-state index contributed by atoms with van der Waals surface area (Å²) in [5.74, 6) is 0.646. The highest BCUT2D eigenvalue weighted by Crippen LogP contribution is 2.39. The van der Waals surface area contributed by atoms with Crippen molar-refractivity contribution in [3.63, 3.8) is 0 Å². The molecular formula is C22H37FIN5O. The van der Waals surface area contributed by atoms with E-state index >= 15 is 0 Å². The Balaban J connectivity index is 0.00000450. The number of rotatable bonds is 8. The smallest absolute Gasteiger partial charge is 0.230 e. The van der Waals surface area contributed by atoms with Crippen LogP contribution < -0.4 is 10.6 Å². The van der Waals surface area contributed by atoms with Gasteiger partial charge in [0.25, 0.3) is 0 Å². The van der Waals surface area contributed by atoms with Crippen LogP contribution in [0.25, 0.3) is 0 Å². The summed E-state index contributed by atoms with van der Waals surface area (Å²) in [6.45, 7) is 3.88. The standard InChI is InChI=1S/C22H36FN5O.HI/c1-6-24-21(26-16-22(13-7-8-14-22)20(29)28(4)5)25-15-19(27(2)3)17-9-11-18(23)12-10-17;/h9-12,19H,6-8,13-16H2,1-5H3,(H2,24,25,26);1H. The van der Waals surface area contributed by atoms with Crippen LogP contribution in [0.3, 0.4) is 0 Å². The largest absolute Gasteiger partial charge is 0.357 e. The molecule has 2 N–H and O–H groups in total. The van der Waals surface area contributed by atoms with E-state index in [4.69, 9.17) is 4.99 Å². The van der Waals surface area contributed by atoms with Gasteiger partial charge in [0.15, 0.2) is 5.96 Å². The second kappa shape index (κ2) is 12.4. The maximum absolute atomic E-state index is 13.3. The molecule has 0 saturated heterocycles. The SMILES string of the molecule is CCNC(=NCC1(C(=O)N(C)C)CCCC1)NCC(c1ccc(F)cc1)N(C)C.I. The van der Waals surface area contributed by atoms with Crippen LogP contribution in [-0.2, 0) is 4.79 Å². The molecule has 1 aliphatic rings. The number of guanidine groups is 1. The first kappa shape index (κ1) is 26.6. The van der Waals surface area contributed by atoms with Crippen molar-refractivity contribution in [2.75, 3.05) is 47.8 Å². The molecular weight excluding hydrogens is 496 g/mol. The van der Waals surface area contributed by atoms with Gasteiger partial charge in [-0.15, -0.1) is 24.0 Å². The first-order valence-corrected chi connectivity index (χ1v) is 10.4. The van der Waals surface area contributed by atoms with Crippen LogP contribution in [0.15, 0.2) is 29.3 Å². The molecule has 1 aliphatic carbocycles. The van der Waals surface area contributed by atoms with Crippen molar-refractivity contribution in [1.82, 2.24) is 20.4 Å². The number of carbonyl (C=O) groups excluding carboxylic acids is 1. The molecule has 0 aliphatic heterocycles. The fourth-order valence-electron chi connectivity index (χ4n) is 4.01. The minimum absolute atomic E-state index is 0. The molecule has 0 radical (unpaired) electrons. The zero-order chi connectivity index (χ0) is 21.4. The van der Waals surface area contributed by atoms with Gasteiger partial charge < -0.3 is 20.4 Å². The Kier molecular flexibility index (Phi) is 11.0. The normalized spacial score (nSPS) is 16.7. The molecule has 1 saturated carbocycles. The van der Waals surface area contributed by atoms with Gasteiger partial charge in [0.1, 0.15) is 5.82 Å². The number of likely N-dealkylation sites (N-methyl/N-ethyl adjacent to an activating group) is 1. The summed E-state index contributed by atoms with van der Waals surface area (Å²) < 4.78 is 13.3. The van der Waals surface area contributed by atoms with Gasteiger partial charge in [-0.05, 0) is 51.6 Å². The fourth-order valence-corrected chi connectivity index (χ4v) is 4.01. The third kappa shape index (κ3) is 7.08. The highest BCUT2D eigenvalue weighted by atomic mass is 127. The van der Waals surface area contributed by atoms with E-state index in [9.17, 15) is 9.18 Å². The lowest BCUT2D eigenvalue weighted by Crippen LogP contribution is -2.44. The molecule has 1 amide bonds. The van der Waals surface area contributed by atoms with E-state index in [-0.39, 0.29) is 47.2 Å². The van der Waals surface area contributed by atoms with Crippen molar-refractivity contribution >= 4 is 35.8 Å². The van der Waals surface area contributed by atoms with E-state index in [1.807, 2.05) is 47.2 Å². The second-order valence-corrected chi connectivity index (χ2v) is 8.29. The summed E-state index contributed by atoms with van der Waals surface area (Å²) in [7, 11) is 7.64. The lowest BCUT2D eigenvalue weighted by molar-refractivity contribution is -0.138. The quantitative estimate of drug-likeness (QED) is 0.306. The predicted molar refractivity (Wildman–Crippen MR) is 132 cm³/mol. The van der Waals surface area contributed by atoms with Crippen LogP contribution in [0.5, 0.6) is 0 Å². The fraction of sp³-hybridized carbons (Fsp3) is 0.636. The van der Waals surface area contributed by atoms with Crippen molar-refractivity contribution in [2.45, 2.75) is 38.6 Å². The highest BCUT2D eigenvalue weighted by Gasteiger charge is 2.42. The third-order valence-corrected chi connectivity index (χ3v) is 5.65. The van der Waals surface area contributed by atoms with Crippen LogP contribution in [-0.4, -0.2) is 69.5 Å². The predicted octanol–water partition coefficient (Wildman–Crippen LogP) is 3.25. The number of hydrogen-bond acceptors (Lipinski definition) is 3. The first-order chi connectivity index (χ1) is 13.8. The number of halogens is 2. The number of hydrogen-bond donors (Lipinski definition) is 2. The molecule has 1 atom stereocenters. The zero-order valence-electron chi connectivity index (χ0n) is 18.9. The van der Waals surface area contributed by atoms with E-state index in [1.165, 1.54) is 12.1 Å². The average molecular weight is 533 g/mol. The van der Waals surface area contributed by atoms with Crippen LogP contribution in [0.2, 0.25) is 0 Å². The molecule has 1 unspecified atom stereocenters. The van der Waals surface area contributed by atoms with Gasteiger partial charge in [-0.1, -0.05) is 25.0 Å². The van der Waals surface area contributed by atoms with Crippen LogP contribution >= 0.6 is 24.0 Å². The summed E-state index contributed by atoms with van der Waals surface area (Å²) in [6, 6.07) is 6.68. The Morgan fingerprint density at radius 3 is 2.23 bits per heavy atom. The van der Waals surface area contributed by atoms with Gasteiger partial charge in [0.05, 0.1) is 18.0 Å². The topological polar surface area (TPSA) is 60.0 Å². The van der Waals surface area contributed by atoms with Gasteiger partial charge in [-0.25, -0.2) is 4.39 Å². The molecule has 0 spiro atoms. The molecule has 30 heavy (non-hydrogen) atoms. The van der Waals surface area contributed by atoms with Crippen molar-refractivity contribution in [1.29, 1.82) is 0 Å². The van der Waals surface area contributed by atoms with Gasteiger partial charge in [0.2, 0.25) is 5.91 Å². The minimum Gasteiger partial charge on any atom is -0.357 e. The van der Waals surface area contributed by atoms with E-state index < -0.39 is 0 Å². The van der Waals surface area contributed by atoms with Crippen LogP contribution in [0.4, 0.5) is 4.39 Å². The molecule has 1 fully saturated rings. The minimum atomic E-state index is -0.385. The Morgan fingerprint density at radius 1 is 1.13 bits per heavy atom. The Bertz CT molecular complexity index is 687. The Hall–Kier alpha value is -1.42. The molecule has 2 rings (SSSR count). The van der Waals surface area contributed by atoms with Crippen molar-refractivity contribution < 1.29 is 9.18 Å². The summed E-state index contributed by atoms with van der Waals surface area (Å²) in [6.07, 6.45) is 3.93. The second-order valence-electron chi connectivity index (χ2n) is 8.29. The maximum Gasteiger partial charge on any atom is 0.230 e. The van der Waals surface area contributed by atoms with Crippen molar-refractivity contribution in [3.8, 4) is 0 Å². The molecule has 0 aromatic heterocycles. The third-order valence-electron chi connectivity index (χ3n) is 5.65. The van der Waals surface area contributed by atoms with Gasteiger partial charge >= 0.3 is 0 Å². The Morgan fingerprint density at radius 2 is 1.73 bits per heavy atom. The monoisotopic (exact) mass is 533 g/mol. The lowest BCUT2D eigenvalue weighted by atomic mass is 9.85. The zero-order valence-corrected chi connectivity index (χ0v) is 21.2. The first-order valence-electron chi connectivity index (χ1n) is 10.4. The molecule has 170 valence electrons. The van der Waals surface area contributed by atoms with Crippen LogP contribution in [0.1, 0.15) is 44.2 Å². The van der Waals surface area contributed by atoms with E-state index in [0.717, 1.165) is 37.8 Å². The summed E-state index contributed by atoms with van der Waals surface area (Å²) >= 11 is 0. The molecule has 6 nitrogen and oxygen atoms in total. The molecule has 1 aromatic carbocycles. The summed E-state index contributed by atoms with van der Waals surface area (Å²) in [5, 5.41) is 6.69. The number of nitrogens with one attached hydrogen (secondary N) is 2. The number of nitrogens with zero attached hydrogens (tertiary/aromatic N) is 3. The average Bonchev–Trinajstić information content (AvgIpc) is 3.16. The van der Waals surface area contributed by atoms with E-state index in [2.05, 4.69) is 15.5 Å². The van der Waals surface area contributed by atoms with Gasteiger partial charge in [0, 0.05) is 27.2 Å². The number of amides is 1. The Labute approximate surface area is 197 Å². The number of benzene rings is 1. The molecule has 0 heterocycles. The maximum atomic E-state index is 13.3. The van der Waals surface area contributed by atoms with Gasteiger partial charge in [-0.2, -0.15) is 0 Å². The molecule has 8 heteroatoms. The van der Waals surface area contributed by atoms with Crippen molar-refractivity contribution in [3.05, 3.63) is 35.6 Å². The van der Waals surface area contributed by atoms with E-state index in [1.54, 1.807) is 4.90 Å². The highest BCUT2D eigenvalue weighted by molar-refractivity contribution is 14.0. The summed E-state index contributed by atoms with van der Waals surface area (Å²) in [5.41, 5.74) is 0.652. The van der Waals surface area contributed by atoms with Crippen LogP contribution in [0, 0.1) is 11.2 Å². The van der Waals surface area contributed by atoms with E-state index in [0.29, 0.717) is 19.0 Å². The molecule has 0 bridgehead atoms. The number of aliphatic imine (C=N–C) groups is 1.